The fourth-order valence-corrected chi connectivity index (χ4v) is 1.69. The van der Waals surface area contributed by atoms with Crippen molar-refractivity contribution in [3.8, 4) is 0 Å². The number of hydrogen-bond donors (Lipinski definition) is 1. The largest absolute Gasteiger partial charge is 0.327 e. The Bertz CT molecular complexity index is 92.1. The second-order valence-electron chi connectivity index (χ2n) is 3.62. The van der Waals surface area contributed by atoms with Gasteiger partial charge in [0, 0.05) is 6.04 Å². The predicted octanol–water partition coefficient (Wildman–Crippen LogP) is 2.16. The quantitative estimate of drug-likeness (QED) is 0.640. The van der Waals surface area contributed by atoms with Crippen LogP contribution in [0.1, 0.15) is 39.5 Å². The Balaban J connectivity index is 2.24. The summed E-state index contributed by atoms with van der Waals surface area (Å²) >= 11 is 0. The molecule has 1 saturated carbocycles. The van der Waals surface area contributed by atoms with Crippen LogP contribution in [0.5, 0.6) is 0 Å². The van der Waals surface area contributed by atoms with E-state index >= 15 is 0 Å². The lowest BCUT2D eigenvalue weighted by molar-refractivity contribution is 0.190. The smallest absolute Gasteiger partial charge is 0.00645 e. The third-order valence-corrected chi connectivity index (χ3v) is 3.04. The summed E-state index contributed by atoms with van der Waals surface area (Å²) in [6.07, 6.45) is 5.42. The van der Waals surface area contributed by atoms with Crippen LogP contribution in [0.25, 0.3) is 0 Å². The summed E-state index contributed by atoms with van der Waals surface area (Å²) in [5, 5.41) is 0. The Morgan fingerprint density at radius 1 is 1.50 bits per heavy atom. The molecule has 2 atom stereocenters. The van der Waals surface area contributed by atoms with Gasteiger partial charge in [0.25, 0.3) is 0 Å². The van der Waals surface area contributed by atoms with Gasteiger partial charge in [0.2, 0.25) is 0 Å². The van der Waals surface area contributed by atoms with Crippen molar-refractivity contribution in [2.75, 3.05) is 0 Å². The Morgan fingerprint density at radius 3 is 2.40 bits per heavy atom. The highest BCUT2D eigenvalue weighted by Crippen LogP contribution is 2.34. The average Bonchev–Trinajstić information content (AvgIpc) is 1.82. The summed E-state index contributed by atoms with van der Waals surface area (Å²) in [6, 6.07) is 0.449. The zero-order valence-electron chi connectivity index (χ0n) is 7.14. The Morgan fingerprint density at radius 2 is 2.10 bits per heavy atom. The van der Waals surface area contributed by atoms with E-state index in [0.29, 0.717) is 6.04 Å². The van der Waals surface area contributed by atoms with Gasteiger partial charge in [-0.25, -0.2) is 0 Å². The molecule has 0 spiro atoms. The average molecular weight is 141 g/mol. The van der Waals surface area contributed by atoms with E-state index in [9.17, 15) is 0 Å². The molecular weight excluding hydrogens is 122 g/mol. The minimum absolute atomic E-state index is 0.449. The molecular formula is C9H19N. The van der Waals surface area contributed by atoms with E-state index in [1.807, 2.05) is 0 Å². The molecule has 1 rings (SSSR count). The maximum absolute atomic E-state index is 5.93. The van der Waals surface area contributed by atoms with Crippen molar-refractivity contribution in [2.24, 2.45) is 17.6 Å². The molecule has 0 aromatic heterocycles. The fourth-order valence-electron chi connectivity index (χ4n) is 1.69. The van der Waals surface area contributed by atoms with Crippen molar-refractivity contribution in [3.05, 3.63) is 0 Å². The van der Waals surface area contributed by atoms with E-state index < -0.39 is 0 Å². The third kappa shape index (κ3) is 1.51. The molecule has 0 radical (unpaired) electrons. The Kier molecular flexibility index (Phi) is 2.72. The maximum Gasteiger partial charge on any atom is 0.00645 e. The van der Waals surface area contributed by atoms with E-state index in [2.05, 4.69) is 13.8 Å². The molecule has 1 nitrogen and oxygen atoms in total. The standard InChI is InChI=1S/C9H19N/c1-3-9(10)7(2)8-5-4-6-8/h7-9H,3-6,10H2,1-2H3. The second-order valence-corrected chi connectivity index (χ2v) is 3.62. The molecule has 10 heavy (non-hydrogen) atoms. The van der Waals surface area contributed by atoms with Gasteiger partial charge in [-0.2, -0.15) is 0 Å². The van der Waals surface area contributed by atoms with Crippen LogP contribution < -0.4 is 5.73 Å². The van der Waals surface area contributed by atoms with Gasteiger partial charge < -0.3 is 5.73 Å². The van der Waals surface area contributed by atoms with Crippen molar-refractivity contribution in [1.82, 2.24) is 0 Å². The van der Waals surface area contributed by atoms with Crippen LogP contribution in [0.4, 0.5) is 0 Å². The first-order valence-corrected chi connectivity index (χ1v) is 4.51. The van der Waals surface area contributed by atoms with Crippen molar-refractivity contribution in [2.45, 2.75) is 45.6 Å². The lowest BCUT2D eigenvalue weighted by Gasteiger charge is -2.34. The maximum atomic E-state index is 5.93. The van der Waals surface area contributed by atoms with Gasteiger partial charge >= 0.3 is 0 Å². The van der Waals surface area contributed by atoms with E-state index in [0.717, 1.165) is 18.3 Å². The monoisotopic (exact) mass is 141 g/mol. The van der Waals surface area contributed by atoms with Crippen molar-refractivity contribution in [1.29, 1.82) is 0 Å². The van der Waals surface area contributed by atoms with Gasteiger partial charge in [-0.05, 0) is 18.3 Å². The molecule has 0 heterocycles. The summed E-state index contributed by atoms with van der Waals surface area (Å²) < 4.78 is 0. The normalized spacial score (nSPS) is 25.5. The van der Waals surface area contributed by atoms with E-state index in [4.69, 9.17) is 5.73 Å². The van der Waals surface area contributed by atoms with Gasteiger partial charge in [0.15, 0.2) is 0 Å². The molecule has 0 aromatic rings. The molecule has 0 amide bonds. The van der Waals surface area contributed by atoms with Gasteiger partial charge in [0.05, 0.1) is 0 Å². The SMILES string of the molecule is CCC(N)C(C)C1CCC1. The Labute approximate surface area is 64.0 Å². The highest BCUT2D eigenvalue weighted by atomic mass is 14.6. The van der Waals surface area contributed by atoms with Crippen LogP contribution in [0, 0.1) is 11.8 Å². The number of rotatable bonds is 3. The molecule has 60 valence electrons. The van der Waals surface area contributed by atoms with Crippen LogP contribution in [0.2, 0.25) is 0 Å². The molecule has 0 bridgehead atoms. The van der Waals surface area contributed by atoms with Crippen molar-refractivity contribution in [3.63, 3.8) is 0 Å². The highest BCUT2D eigenvalue weighted by Gasteiger charge is 2.26. The van der Waals surface area contributed by atoms with Crippen LogP contribution in [-0.2, 0) is 0 Å². The van der Waals surface area contributed by atoms with Crippen LogP contribution >= 0.6 is 0 Å². The lowest BCUT2D eigenvalue weighted by atomic mass is 9.73. The van der Waals surface area contributed by atoms with Crippen molar-refractivity contribution < 1.29 is 0 Å². The summed E-state index contributed by atoms with van der Waals surface area (Å²) in [4.78, 5) is 0. The number of nitrogens with two attached hydrogens (primary N) is 1. The zero-order chi connectivity index (χ0) is 7.56. The predicted molar refractivity (Wildman–Crippen MR) is 44.8 cm³/mol. The summed E-state index contributed by atoms with van der Waals surface area (Å²) in [6.45, 7) is 4.48. The molecule has 1 heteroatoms. The molecule has 0 aromatic carbocycles. The van der Waals surface area contributed by atoms with Gasteiger partial charge in [0.1, 0.15) is 0 Å². The van der Waals surface area contributed by atoms with E-state index in [-0.39, 0.29) is 0 Å². The van der Waals surface area contributed by atoms with Gasteiger partial charge in [-0.3, -0.25) is 0 Å². The van der Waals surface area contributed by atoms with Crippen LogP contribution in [-0.4, -0.2) is 6.04 Å². The zero-order valence-corrected chi connectivity index (χ0v) is 7.14. The summed E-state index contributed by atoms with van der Waals surface area (Å²) in [7, 11) is 0. The first kappa shape index (κ1) is 8.06. The fraction of sp³-hybridized carbons (Fsp3) is 1.00. The molecule has 2 unspecified atom stereocenters. The Hall–Kier alpha value is -0.0400. The first-order chi connectivity index (χ1) is 4.75. The van der Waals surface area contributed by atoms with Gasteiger partial charge in [-0.1, -0.05) is 33.1 Å². The first-order valence-electron chi connectivity index (χ1n) is 4.51. The van der Waals surface area contributed by atoms with Crippen molar-refractivity contribution >= 4 is 0 Å². The lowest BCUT2D eigenvalue weighted by Crippen LogP contribution is -2.35. The molecule has 0 aliphatic heterocycles. The minimum atomic E-state index is 0.449. The topological polar surface area (TPSA) is 26.0 Å². The molecule has 2 N–H and O–H groups in total. The molecule has 1 aliphatic carbocycles. The number of hydrogen-bond acceptors (Lipinski definition) is 1. The molecule has 0 saturated heterocycles. The van der Waals surface area contributed by atoms with Crippen LogP contribution in [0.15, 0.2) is 0 Å². The summed E-state index contributed by atoms with van der Waals surface area (Å²) in [5.41, 5.74) is 5.93. The van der Waals surface area contributed by atoms with Gasteiger partial charge in [-0.15, -0.1) is 0 Å². The summed E-state index contributed by atoms with van der Waals surface area (Å²) in [5.74, 6) is 1.72. The highest BCUT2D eigenvalue weighted by molar-refractivity contribution is 4.80. The minimum Gasteiger partial charge on any atom is -0.327 e. The molecule has 1 fully saturated rings. The molecule has 1 aliphatic rings. The van der Waals surface area contributed by atoms with Crippen LogP contribution in [0.3, 0.4) is 0 Å². The second kappa shape index (κ2) is 3.38. The van der Waals surface area contributed by atoms with E-state index in [1.54, 1.807) is 0 Å². The third-order valence-electron chi connectivity index (χ3n) is 3.04. The van der Waals surface area contributed by atoms with E-state index in [1.165, 1.54) is 19.3 Å².